The van der Waals surface area contributed by atoms with Crippen LogP contribution in [0.15, 0.2) is 12.3 Å². The van der Waals surface area contributed by atoms with E-state index in [0.717, 1.165) is 0 Å². The molecule has 0 rings (SSSR count). The van der Waals surface area contributed by atoms with Crippen molar-refractivity contribution in [2.45, 2.75) is 6.42 Å². The van der Waals surface area contributed by atoms with Gasteiger partial charge in [0.15, 0.2) is 0 Å². The van der Waals surface area contributed by atoms with E-state index in [1.165, 1.54) is 0 Å². The van der Waals surface area contributed by atoms with E-state index in [0.29, 0.717) is 6.42 Å². The minimum absolute atomic E-state index is 0.0481. The molecule has 2 heteroatoms. The van der Waals surface area contributed by atoms with Crippen molar-refractivity contribution in [3.63, 3.8) is 0 Å². The summed E-state index contributed by atoms with van der Waals surface area (Å²) in [7, 11) is 3.81. The Kier molecular flexibility index (Phi) is 3.76. The molecule has 0 aliphatic heterocycles. The van der Waals surface area contributed by atoms with Gasteiger partial charge in [0, 0.05) is 27.4 Å². The lowest BCUT2D eigenvalue weighted by molar-refractivity contribution is -0.114. The zero-order valence-electron chi connectivity index (χ0n) is 5.92. The molecule has 0 spiro atoms. The Bertz CT molecular complexity index is 116. The molecule has 0 aromatic carbocycles. The third kappa shape index (κ3) is 7.21. The molecule has 0 heterocycles. The maximum absolute atomic E-state index is 10.2. The molecule has 0 saturated carbocycles. The molecule has 2 nitrogen and oxygen atoms in total. The van der Waals surface area contributed by atoms with Crippen LogP contribution in [0.4, 0.5) is 0 Å². The van der Waals surface area contributed by atoms with Gasteiger partial charge >= 0.3 is 0 Å². The molecule has 0 amide bonds. The molecule has 0 fully saturated rings. The van der Waals surface area contributed by atoms with Crippen LogP contribution in [0, 0.1) is 6.92 Å². The number of hydrogen-bond acceptors (Lipinski definition) is 2. The van der Waals surface area contributed by atoms with Crippen molar-refractivity contribution in [2.75, 3.05) is 14.1 Å². The highest BCUT2D eigenvalue weighted by molar-refractivity contribution is 5.83. The van der Waals surface area contributed by atoms with Gasteiger partial charge < -0.3 is 4.90 Å². The Morgan fingerprint density at radius 1 is 1.67 bits per heavy atom. The first-order valence-corrected chi connectivity index (χ1v) is 2.81. The summed E-state index contributed by atoms with van der Waals surface area (Å²) in [5.41, 5.74) is 0. The Hall–Kier alpha value is -0.790. The average molecular weight is 126 g/mol. The summed E-state index contributed by atoms with van der Waals surface area (Å²) >= 11 is 0. The Morgan fingerprint density at radius 3 is 2.56 bits per heavy atom. The fourth-order valence-corrected chi connectivity index (χ4v) is 0.395. The fraction of sp³-hybridized carbons (Fsp3) is 0.429. The minimum Gasteiger partial charge on any atom is -0.384 e. The smallest absolute Gasteiger partial charge is 0.137 e. The lowest BCUT2D eigenvalue weighted by Crippen LogP contribution is -2.00. The van der Waals surface area contributed by atoms with Gasteiger partial charge in [-0.2, -0.15) is 0 Å². The van der Waals surface area contributed by atoms with E-state index in [-0.39, 0.29) is 5.78 Å². The van der Waals surface area contributed by atoms with Gasteiger partial charge in [0.25, 0.3) is 0 Å². The van der Waals surface area contributed by atoms with Crippen molar-refractivity contribution in [3.05, 3.63) is 19.2 Å². The summed E-state index contributed by atoms with van der Waals surface area (Å²) < 4.78 is 0. The van der Waals surface area contributed by atoms with Crippen LogP contribution in [0.5, 0.6) is 0 Å². The third-order valence-electron chi connectivity index (χ3n) is 0.749. The molecule has 0 aromatic heterocycles. The monoisotopic (exact) mass is 126 g/mol. The number of ketones is 1. The first-order valence-electron chi connectivity index (χ1n) is 2.81. The van der Waals surface area contributed by atoms with Gasteiger partial charge in [-0.3, -0.25) is 4.79 Å². The molecular formula is C7H12NO. The number of nitrogens with zero attached hydrogens (tertiary/aromatic N) is 1. The normalized spacial score (nSPS) is 10.1. The largest absolute Gasteiger partial charge is 0.384 e. The van der Waals surface area contributed by atoms with Crippen molar-refractivity contribution in [1.29, 1.82) is 0 Å². The van der Waals surface area contributed by atoms with Gasteiger partial charge in [-0.1, -0.05) is 6.08 Å². The molecule has 0 unspecified atom stereocenters. The van der Waals surface area contributed by atoms with Crippen molar-refractivity contribution in [3.8, 4) is 0 Å². The van der Waals surface area contributed by atoms with Crippen LogP contribution in [-0.2, 0) is 4.79 Å². The summed E-state index contributed by atoms with van der Waals surface area (Å²) in [5.74, 6) is -0.0481. The second kappa shape index (κ2) is 4.13. The van der Waals surface area contributed by atoms with Crippen LogP contribution in [-0.4, -0.2) is 24.8 Å². The van der Waals surface area contributed by atoms with Crippen LogP contribution in [0.2, 0.25) is 0 Å². The number of carbonyl (C=O) groups excluding carboxylic acids is 1. The van der Waals surface area contributed by atoms with Gasteiger partial charge in [0.05, 0.1) is 0 Å². The lowest BCUT2D eigenvalue weighted by atomic mass is 10.3. The first kappa shape index (κ1) is 8.21. The lowest BCUT2D eigenvalue weighted by Gasteiger charge is -2.01. The zero-order chi connectivity index (χ0) is 7.28. The fourth-order valence-electron chi connectivity index (χ4n) is 0.395. The van der Waals surface area contributed by atoms with E-state index < -0.39 is 0 Å². The zero-order valence-corrected chi connectivity index (χ0v) is 5.92. The molecule has 1 radical (unpaired) electrons. The molecule has 0 atom stereocenters. The van der Waals surface area contributed by atoms with Crippen LogP contribution in [0.25, 0.3) is 0 Å². The Morgan fingerprint density at radius 2 is 2.22 bits per heavy atom. The molecule has 0 N–H and O–H groups in total. The molecule has 0 aliphatic carbocycles. The predicted molar refractivity (Wildman–Crippen MR) is 37.8 cm³/mol. The maximum atomic E-state index is 10.2. The van der Waals surface area contributed by atoms with E-state index in [2.05, 4.69) is 6.92 Å². The average Bonchev–Trinajstić information content (AvgIpc) is 1.63. The second-order valence-electron chi connectivity index (χ2n) is 2.09. The van der Waals surface area contributed by atoms with Crippen LogP contribution >= 0.6 is 0 Å². The maximum Gasteiger partial charge on any atom is 0.137 e. The van der Waals surface area contributed by atoms with Crippen molar-refractivity contribution >= 4 is 5.78 Å². The van der Waals surface area contributed by atoms with Gasteiger partial charge in [0.1, 0.15) is 5.78 Å². The van der Waals surface area contributed by atoms with Crippen molar-refractivity contribution < 1.29 is 4.79 Å². The van der Waals surface area contributed by atoms with E-state index in [1.807, 2.05) is 25.2 Å². The third-order valence-corrected chi connectivity index (χ3v) is 0.749. The second-order valence-corrected chi connectivity index (χ2v) is 2.09. The number of hydrogen-bond donors (Lipinski definition) is 0. The SMILES string of the molecule is [CH2]C(=O)CC=CN(C)C. The van der Waals surface area contributed by atoms with Crippen LogP contribution in [0.1, 0.15) is 6.42 Å². The predicted octanol–water partition coefficient (Wildman–Crippen LogP) is 0.855. The van der Waals surface area contributed by atoms with Gasteiger partial charge in [-0.25, -0.2) is 0 Å². The van der Waals surface area contributed by atoms with Crippen LogP contribution in [0.3, 0.4) is 0 Å². The molecular weight excluding hydrogens is 114 g/mol. The standard InChI is InChI=1S/C7H12NO/c1-7(9)5-4-6-8(2)3/h4,6H,1,5H2,2-3H3. The Labute approximate surface area is 56.2 Å². The molecule has 0 aromatic rings. The molecule has 51 valence electrons. The number of carbonyl (C=O) groups is 1. The molecule has 0 bridgehead atoms. The van der Waals surface area contributed by atoms with E-state index in [1.54, 1.807) is 6.08 Å². The highest BCUT2D eigenvalue weighted by Crippen LogP contribution is 1.84. The summed E-state index contributed by atoms with van der Waals surface area (Å²) in [6.45, 7) is 3.23. The van der Waals surface area contributed by atoms with Gasteiger partial charge in [-0.15, -0.1) is 0 Å². The summed E-state index contributed by atoms with van der Waals surface area (Å²) in [6, 6.07) is 0. The van der Waals surface area contributed by atoms with E-state index >= 15 is 0 Å². The van der Waals surface area contributed by atoms with Crippen molar-refractivity contribution in [1.82, 2.24) is 4.90 Å². The Balaban J connectivity index is 3.36. The number of Topliss-reactive ketones (excluding diaryl/α,β-unsaturated/α-hetero) is 1. The van der Waals surface area contributed by atoms with E-state index in [9.17, 15) is 4.79 Å². The topological polar surface area (TPSA) is 20.3 Å². The minimum atomic E-state index is -0.0481. The number of allylic oxidation sites excluding steroid dienone is 1. The summed E-state index contributed by atoms with van der Waals surface area (Å²) in [5, 5.41) is 0. The quantitative estimate of drug-likeness (QED) is 0.559. The highest BCUT2D eigenvalue weighted by Gasteiger charge is 1.84. The molecule has 0 saturated heterocycles. The summed E-state index contributed by atoms with van der Waals surface area (Å²) in [4.78, 5) is 12.1. The number of rotatable bonds is 3. The van der Waals surface area contributed by atoms with Gasteiger partial charge in [-0.05, 0) is 6.20 Å². The van der Waals surface area contributed by atoms with E-state index in [4.69, 9.17) is 0 Å². The first-order chi connectivity index (χ1) is 4.13. The highest BCUT2D eigenvalue weighted by atomic mass is 16.1. The molecule has 0 aliphatic rings. The van der Waals surface area contributed by atoms with Gasteiger partial charge in [0.2, 0.25) is 0 Å². The molecule has 9 heavy (non-hydrogen) atoms. The van der Waals surface area contributed by atoms with Crippen LogP contribution < -0.4 is 0 Å². The van der Waals surface area contributed by atoms with Crippen molar-refractivity contribution in [2.24, 2.45) is 0 Å². The summed E-state index contributed by atoms with van der Waals surface area (Å²) in [6.07, 6.45) is 4.05.